The van der Waals surface area contributed by atoms with Crippen molar-refractivity contribution >= 4 is 22.5 Å². The minimum Gasteiger partial charge on any atom is -0.480 e. The fourth-order valence-electron chi connectivity index (χ4n) is 1.87. The largest absolute Gasteiger partial charge is 0.480 e. The Hall–Kier alpha value is -2.20. The molecular weight excluding hydrogens is 230 g/mol. The number of aliphatic carboxylic acids is 1. The number of carboxylic acids is 1. The lowest BCUT2D eigenvalue weighted by atomic mass is 9.98. The van der Waals surface area contributed by atoms with Gasteiger partial charge in [0.1, 0.15) is 6.04 Å². The molecule has 2 aromatic carbocycles. The Balaban J connectivity index is 2.36. The van der Waals surface area contributed by atoms with E-state index in [2.05, 4.69) is 0 Å². The Morgan fingerprint density at radius 1 is 1.11 bits per heavy atom. The molecule has 0 aromatic heterocycles. The van der Waals surface area contributed by atoms with Gasteiger partial charge < -0.3 is 10.8 Å². The molecule has 0 aliphatic rings. The van der Waals surface area contributed by atoms with E-state index in [4.69, 9.17) is 10.8 Å². The molecule has 1 unspecified atom stereocenters. The molecule has 0 saturated heterocycles. The summed E-state index contributed by atoms with van der Waals surface area (Å²) in [6.07, 6.45) is -0.191. The van der Waals surface area contributed by atoms with E-state index < -0.39 is 12.0 Å². The van der Waals surface area contributed by atoms with Crippen LogP contribution in [0, 0.1) is 0 Å². The smallest absolute Gasteiger partial charge is 0.320 e. The van der Waals surface area contributed by atoms with E-state index in [1.807, 2.05) is 30.3 Å². The van der Waals surface area contributed by atoms with E-state index in [-0.39, 0.29) is 12.2 Å². The van der Waals surface area contributed by atoms with Gasteiger partial charge >= 0.3 is 5.97 Å². The minimum absolute atomic E-state index is 0.191. The molecule has 2 rings (SSSR count). The second kappa shape index (κ2) is 4.98. The van der Waals surface area contributed by atoms with Crippen LogP contribution in [0.1, 0.15) is 16.8 Å². The summed E-state index contributed by atoms with van der Waals surface area (Å²) in [6, 6.07) is 11.7. The number of rotatable bonds is 4. The third-order valence-electron chi connectivity index (χ3n) is 2.81. The van der Waals surface area contributed by atoms with Gasteiger partial charge in [-0.3, -0.25) is 9.59 Å². The summed E-state index contributed by atoms with van der Waals surface area (Å²) in [5.41, 5.74) is 5.90. The summed E-state index contributed by atoms with van der Waals surface area (Å²) >= 11 is 0. The molecule has 0 aliphatic carbocycles. The molecule has 1 atom stereocenters. The summed E-state index contributed by atoms with van der Waals surface area (Å²) in [6.45, 7) is 0. The van der Waals surface area contributed by atoms with Crippen LogP contribution in [0.5, 0.6) is 0 Å². The fraction of sp³-hybridized carbons (Fsp3) is 0.143. The van der Waals surface area contributed by atoms with Crippen molar-refractivity contribution in [2.75, 3.05) is 0 Å². The van der Waals surface area contributed by atoms with Gasteiger partial charge in [0.15, 0.2) is 5.78 Å². The highest BCUT2D eigenvalue weighted by molar-refractivity contribution is 6.09. The first-order chi connectivity index (χ1) is 8.59. The Morgan fingerprint density at radius 2 is 1.78 bits per heavy atom. The number of fused-ring (bicyclic) bond motifs is 1. The first-order valence-corrected chi connectivity index (χ1v) is 5.59. The van der Waals surface area contributed by atoms with Crippen LogP contribution in [-0.4, -0.2) is 22.9 Å². The summed E-state index contributed by atoms with van der Waals surface area (Å²) < 4.78 is 0. The number of carbonyl (C=O) groups is 2. The average Bonchev–Trinajstić information content (AvgIpc) is 2.37. The molecule has 0 bridgehead atoms. The molecule has 0 spiro atoms. The molecule has 2 aromatic rings. The lowest BCUT2D eigenvalue weighted by molar-refractivity contribution is -0.138. The lowest BCUT2D eigenvalue weighted by Gasteiger charge is -2.08. The Morgan fingerprint density at radius 3 is 2.50 bits per heavy atom. The molecule has 0 heterocycles. The van der Waals surface area contributed by atoms with Crippen molar-refractivity contribution in [3.63, 3.8) is 0 Å². The van der Waals surface area contributed by atoms with Crippen molar-refractivity contribution in [3.8, 4) is 0 Å². The van der Waals surface area contributed by atoms with Crippen molar-refractivity contribution < 1.29 is 14.7 Å². The highest BCUT2D eigenvalue weighted by Gasteiger charge is 2.18. The van der Waals surface area contributed by atoms with E-state index in [9.17, 15) is 9.59 Å². The van der Waals surface area contributed by atoms with Gasteiger partial charge in [0, 0.05) is 12.0 Å². The summed E-state index contributed by atoms with van der Waals surface area (Å²) in [7, 11) is 0. The maximum Gasteiger partial charge on any atom is 0.320 e. The highest BCUT2D eigenvalue weighted by atomic mass is 16.4. The fourth-order valence-corrected chi connectivity index (χ4v) is 1.87. The van der Waals surface area contributed by atoms with Gasteiger partial charge in [-0.1, -0.05) is 42.5 Å². The monoisotopic (exact) mass is 243 g/mol. The number of benzene rings is 2. The van der Waals surface area contributed by atoms with E-state index in [0.717, 1.165) is 10.8 Å². The molecule has 18 heavy (non-hydrogen) atoms. The third-order valence-corrected chi connectivity index (χ3v) is 2.81. The van der Waals surface area contributed by atoms with Gasteiger partial charge in [-0.2, -0.15) is 0 Å². The SMILES string of the molecule is NC(CC(=O)c1cccc2ccccc12)C(=O)O. The first-order valence-electron chi connectivity index (χ1n) is 5.59. The van der Waals surface area contributed by atoms with E-state index in [1.165, 1.54) is 0 Å². The number of carbonyl (C=O) groups excluding carboxylic acids is 1. The quantitative estimate of drug-likeness (QED) is 0.803. The zero-order chi connectivity index (χ0) is 13.1. The Labute approximate surface area is 104 Å². The molecule has 0 fully saturated rings. The predicted molar refractivity (Wildman–Crippen MR) is 68.5 cm³/mol. The summed E-state index contributed by atoms with van der Waals surface area (Å²) in [4.78, 5) is 22.7. The second-order valence-electron chi connectivity index (χ2n) is 4.10. The number of nitrogens with two attached hydrogens (primary N) is 1. The average molecular weight is 243 g/mol. The van der Waals surface area contributed by atoms with Gasteiger partial charge in [0.25, 0.3) is 0 Å². The van der Waals surface area contributed by atoms with Crippen molar-refractivity contribution in [3.05, 3.63) is 48.0 Å². The van der Waals surface area contributed by atoms with Gasteiger partial charge in [0.05, 0.1) is 0 Å². The second-order valence-corrected chi connectivity index (χ2v) is 4.10. The zero-order valence-corrected chi connectivity index (χ0v) is 9.67. The van der Waals surface area contributed by atoms with Crippen molar-refractivity contribution in [1.29, 1.82) is 0 Å². The minimum atomic E-state index is -1.16. The molecule has 4 nitrogen and oxygen atoms in total. The van der Waals surface area contributed by atoms with Crippen LogP contribution >= 0.6 is 0 Å². The van der Waals surface area contributed by atoms with Gasteiger partial charge in [-0.25, -0.2) is 0 Å². The van der Waals surface area contributed by atoms with E-state index in [1.54, 1.807) is 12.1 Å². The van der Waals surface area contributed by atoms with Crippen molar-refractivity contribution in [1.82, 2.24) is 0 Å². The Kier molecular flexibility index (Phi) is 3.39. The van der Waals surface area contributed by atoms with Crippen molar-refractivity contribution in [2.45, 2.75) is 12.5 Å². The maximum absolute atomic E-state index is 12.0. The number of carboxylic acid groups (broad SMARTS) is 1. The Bertz CT molecular complexity index is 602. The molecule has 3 N–H and O–H groups in total. The van der Waals surface area contributed by atoms with Gasteiger partial charge in [-0.05, 0) is 10.8 Å². The molecule has 4 heteroatoms. The van der Waals surface area contributed by atoms with Crippen LogP contribution < -0.4 is 5.73 Å². The third kappa shape index (κ3) is 2.38. The highest BCUT2D eigenvalue weighted by Crippen LogP contribution is 2.20. The lowest BCUT2D eigenvalue weighted by Crippen LogP contribution is -2.32. The van der Waals surface area contributed by atoms with E-state index >= 15 is 0 Å². The van der Waals surface area contributed by atoms with Crippen LogP contribution in [0.2, 0.25) is 0 Å². The van der Waals surface area contributed by atoms with E-state index in [0.29, 0.717) is 5.56 Å². The number of ketones is 1. The zero-order valence-electron chi connectivity index (χ0n) is 9.67. The number of hydrogen-bond donors (Lipinski definition) is 2. The van der Waals surface area contributed by atoms with Crippen molar-refractivity contribution in [2.24, 2.45) is 5.73 Å². The maximum atomic E-state index is 12.0. The normalized spacial score (nSPS) is 12.3. The topological polar surface area (TPSA) is 80.4 Å². The number of Topliss-reactive ketones (excluding diaryl/α,β-unsaturated/α-hetero) is 1. The van der Waals surface area contributed by atoms with Gasteiger partial charge in [-0.15, -0.1) is 0 Å². The number of hydrogen-bond acceptors (Lipinski definition) is 3. The molecule has 0 saturated carbocycles. The summed E-state index contributed by atoms with van der Waals surface area (Å²) in [5.74, 6) is -1.41. The standard InChI is InChI=1S/C14H13NO3/c15-12(14(17)18)8-13(16)11-7-3-5-9-4-1-2-6-10(9)11/h1-7,12H,8,15H2,(H,17,18). The molecule has 92 valence electrons. The van der Waals surface area contributed by atoms with Crippen LogP contribution in [0.25, 0.3) is 10.8 Å². The van der Waals surface area contributed by atoms with Gasteiger partial charge in [0.2, 0.25) is 0 Å². The molecule has 0 aliphatic heterocycles. The van der Waals surface area contributed by atoms with Crippen LogP contribution in [0.15, 0.2) is 42.5 Å². The first kappa shape index (κ1) is 12.3. The summed E-state index contributed by atoms with van der Waals surface area (Å²) in [5, 5.41) is 10.5. The predicted octanol–water partition coefficient (Wildman–Crippen LogP) is 1.82. The molecule has 0 amide bonds. The molecule has 0 radical (unpaired) electrons. The molecular formula is C14H13NO3. The van der Waals surface area contributed by atoms with Crippen LogP contribution in [-0.2, 0) is 4.79 Å². The van der Waals surface area contributed by atoms with Crippen LogP contribution in [0.4, 0.5) is 0 Å². The van der Waals surface area contributed by atoms with Crippen LogP contribution in [0.3, 0.4) is 0 Å².